The molecule has 110 valence electrons. The highest BCUT2D eigenvalue weighted by molar-refractivity contribution is 5.62. The van der Waals surface area contributed by atoms with Crippen molar-refractivity contribution in [2.45, 2.75) is 13.1 Å². The lowest BCUT2D eigenvalue weighted by molar-refractivity contribution is 0.474. The number of rotatable bonds is 5. The molecule has 22 heavy (non-hydrogen) atoms. The van der Waals surface area contributed by atoms with Crippen LogP contribution in [0.15, 0.2) is 73.1 Å². The van der Waals surface area contributed by atoms with Gasteiger partial charge in [-0.25, -0.2) is 0 Å². The molecule has 1 heterocycles. The Hall–Kier alpha value is -2.65. The monoisotopic (exact) mass is 290 g/mol. The first-order chi connectivity index (χ1) is 10.8. The number of aromatic hydroxyl groups is 1. The van der Waals surface area contributed by atoms with E-state index < -0.39 is 0 Å². The van der Waals surface area contributed by atoms with Crippen LogP contribution in [0.25, 0.3) is 11.1 Å². The van der Waals surface area contributed by atoms with Crippen LogP contribution in [0.2, 0.25) is 0 Å². The van der Waals surface area contributed by atoms with E-state index in [0.29, 0.717) is 5.75 Å². The standard InChI is InChI=1S/C19H18N2O/c22-19-3-1-2-16(12-19)14-21-13-15-4-6-17(7-5-15)18-8-10-20-11-9-18/h1-12,21-22H,13-14H2. The molecule has 2 N–H and O–H groups in total. The maximum absolute atomic E-state index is 9.44. The molecule has 2 aromatic carbocycles. The second kappa shape index (κ2) is 6.87. The number of nitrogens with one attached hydrogen (secondary N) is 1. The van der Waals surface area contributed by atoms with E-state index in [9.17, 15) is 5.11 Å². The molecule has 3 aromatic rings. The molecule has 3 heteroatoms. The van der Waals surface area contributed by atoms with Crippen LogP contribution in [0.1, 0.15) is 11.1 Å². The molecule has 0 amide bonds. The van der Waals surface area contributed by atoms with Gasteiger partial charge in [0.05, 0.1) is 0 Å². The maximum atomic E-state index is 9.44. The largest absolute Gasteiger partial charge is 0.508 e. The summed E-state index contributed by atoms with van der Waals surface area (Å²) < 4.78 is 0. The Labute approximate surface area is 130 Å². The normalized spacial score (nSPS) is 10.5. The fraction of sp³-hybridized carbons (Fsp3) is 0.105. The van der Waals surface area contributed by atoms with E-state index in [0.717, 1.165) is 18.7 Å². The van der Waals surface area contributed by atoms with Crippen molar-refractivity contribution in [3.05, 3.63) is 84.2 Å². The van der Waals surface area contributed by atoms with Gasteiger partial charge in [-0.15, -0.1) is 0 Å². The number of phenols is 1. The molecule has 3 nitrogen and oxygen atoms in total. The zero-order valence-electron chi connectivity index (χ0n) is 12.2. The van der Waals surface area contributed by atoms with E-state index in [1.165, 1.54) is 16.7 Å². The molecular weight excluding hydrogens is 272 g/mol. The first-order valence-electron chi connectivity index (χ1n) is 7.29. The lowest BCUT2D eigenvalue weighted by atomic mass is 10.1. The summed E-state index contributed by atoms with van der Waals surface area (Å²) in [5, 5.41) is 12.8. The van der Waals surface area contributed by atoms with Crippen molar-refractivity contribution in [2.24, 2.45) is 0 Å². The minimum atomic E-state index is 0.306. The van der Waals surface area contributed by atoms with Crippen molar-refractivity contribution in [2.75, 3.05) is 0 Å². The molecule has 0 atom stereocenters. The van der Waals surface area contributed by atoms with E-state index in [1.54, 1.807) is 24.5 Å². The summed E-state index contributed by atoms with van der Waals surface area (Å²) in [6.45, 7) is 1.53. The Kier molecular flexibility index (Phi) is 4.47. The van der Waals surface area contributed by atoms with E-state index in [4.69, 9.17) is 0 Å². The third kappa shape index (κ3) is 3.71. The number of hydrogen-bond donors (Lipinski definition) is 2. The number of phenolic OH excluding ortho intramolecular Hbond substituents is 1. The van der Waals surface area contributed by atoms with E-state index in [1.807, 2.05) is 24.3 Å². The summed E-state index contributed by atoms with van der Waals surface area (Å²) >= 11 is 0. The van der Waals surface area contributed by atoms with E-state index in [-0.39, 0.29) is 0 Å². The Balaban J connectivity index is 1.57. The van der Waals surface area contributed by atoms with E-state index in [2.05, 4.69) is 34.6 Å². The van der Waals surface area contributed by atoms with Crippen molar-refractivity contribution in [1.29, 1.82) is 0 Å². The SMILES string of the molecule is Oc1cccc(CNCc2ccc(-c3ccncc3)cc2)c1. The van der Waals surface area contributed by atoms with Gasteiger partial charge in [-0.2, -0.15) is 0 Å². The lowest BCUT2D eigenvalue weighted by Gasteiger charge is -2.07. The smallest absolute Gasteiger partial charge is 0.115 e. The van der Waals surface area contributed by atoms with Gasteiger partial charge in [0.15, 0.2) is 0 Å². The quantitative estimate of drug-likeness (QED) is 0.752. The third-order valence-electron chi connectivity index (χ3n) is 3.54. The zero-order chi connectivity index (χ0) is 15.2. The van der Waals surface area contributed by atoms with Crippen molar-refractivity contribution in [3.8, 4) is 16.9 Å². The molecule has 1 aromatic heterocycles. The first kappa shape index (κ1) is 14.3. The predicted molar refractivity (Wildman–Crippen MR) is 88.3 cm³/mol. The molecule has 0 fully saturated rings. The van der Waals surface area contributed by atoms with Crippen LogP contribution >= 0.6 is 0 Å². The Morgan fingerprint density at radius 2 is 1.45 bits per heavy atom. The Bertz CT molecular complexity index is 724. The van der Waals surface area contributed by atoms with Gasteiger partial charge >= 0.3 is 0 Å². The third-order valence-corrected chi connectivity index (χ3v) is 3.54. The summed E-state index contributed by atoms with van der Waals surface area (Å²) in [5.41, 5.74) is 4.68. The van der Waals surface area contributed by atoms with Crippen molar-refractivity contribution < 1.29 is 5.11 Å². The Morgan fingerprint density at radius 3 is 2.18 bits per heavy atom. The van der Waals surface area contributed by atoms with Crippen LogP contribution < -0.4 is 5.32 Å². The molecule has 0 radical (unpaired) electrons. The average Bonchev–Trinajstić information content (AvgIpc) is 2.56. The van der Waals surface area contributed by atoms with Crippen LogP contribution in [0.4, 0.5) is 0 Å². The van der Waals surface area contributed by atoms with Gasteiger partial charge in [-0.1, -0.05) is 36.4 Å². The molecule has 0 aliphatic heterocycles. The molecule has 0 bridgehead atoms. The molecule has 0 aliphatic carbocycles. The molecule has 0 unspecified atom stereocenters. The van der Waals surface area contributed by atoms with Crippen molar-refractivity contribution in [3.63, 3.8) is 0 Å². The average molecular weight is 290 g/mol. The van der Waals surface area contributed by atoms with Gasteiger partial charge in [0.2, 0.25) is 0 Å². The fourth-order valence-corrected chi connectivity index (χ4v) is 2.38. The minimum Gasteiger partial charge on any atom is -0.508 e. The second-order valence-corrected chi connectivity index (χ2v) is 5.21. The highest BCUT2D eigenvalue weighted by atomic mass is 16.3. The van der Waals surface area contributed by atoms with Crippen LogP contribution in [0, 0.1) is 0 Å². The van der Waals surface area contributed by atoms with E-state index >= 15 is 0 Å². The van der Waals surface area contributed by atoms with Crippen LogP contribution in [0.3, 0.4) is 0 Å². The highest BCUT2D eigenvalue weighted by Gasteiger charge is 1.99. The summed E-state index contributed by atoms with van der Waals surface area (Å²) in [5.74, 6) is 0.306. The number of hydrogen-bond acceptors (Lipinski definition) is 3. The van der Waals surface area contributed by atoms with Crippen LogP contribution in [0.5, 0.6) is 5.75 Å². The van der Waals surface area contributed by atoms with Gasteiger partial charge in [-0.05, 0) is 46.5 Å². The number of aromatic nitrogens is 1. The number of nitrogens with zero attached hydrogens (tertiary/aromatic N) is 1. The van der Waals surface area contributed by atoms with Gasteiger partial charge in [-0.3, -0.25) is 4.98 Å². The number of pyridine rings is 1. The molecule has 3 rings (SSSR count). The lowest BCUT2D eigenvalue weighted by Crippen LogP contribution is -2.12. The molecule has 0 saturated heterocycles. The fourth-order valence-electron chi connectivity index (χ4n) is 2.38. The topological polar surface area (TPSA) is 45.1 Å². The zero-order valence-corrected chi connectivity index (χ0v) is 12.2. The number of benzene rings is 2. The summed E-state index contributed by atoms with van der Waals surface area (Å²) in [4.78, 5) is 4.04. The minimum absolute atomic E-state index is 0.306. The summed E-state index contributed by atoms with van der Waals surface area (Å²) in [7, 11) is 0. The van der Waals surface area contributed by atoms with Crippen molar-refractivity contribution in [1.82, 2.24) is 10.3 Å². The molecular formula is C19H18N2O. The maximum Gasteiger partial charge on any atom is 0.115 e. The highest BCUT2D eigenvalue weighted by Crippen LogP contribution is 2.18. The van der Waals surface area contributed by atoms with Crippen molar-refractivity contribution >= 4 is 0 Å². The first-order valence-corrected chi connectivity index (χ1v) is 7.29. The van der Waals surface area contributed by atoms with Gasteiger partial charge in [0.25, 0.3) is 0 Å². The second-order valence-electron chi connectivity index (χ2n) is 5.21. The van der Waals surface area contributed by atoms with Gasteiger partial charge < -0.3 is 10.4 Å². The summed E-state index contributed by atoms with van der Waals surface area (Å²) in [6.07, 6.45) is 3.61. The predicted octanol–water partition coefficient (Wildman–Crippen LogP) is 3.74. The Morgan fingerprint density at radius 1 is 0.773 bits per heavy atom. The van der Waals surface area contributed by atoms with Crippen LogP contribution in [-0.4, -0.2) is 10.1 Å². The summed E-state index contributed by atoms with van der Waals surface area (Å²) in [6, 6.07) is 19.8. The van der Waals surface area contributed by atoms with Gasteiger partial charge in [0.1, 0.15) is 5.75 Å². The van der Waals surface area contributed by atoms with Gasteiger partial charge in [0, 0.05) is 25.5 Å². The molecule has 0 spiro atoms. The molecule has 0 aliphatic rings. The molecule has 0 saturated carbocycles. The van der Waals surface area contributed by atoms with Crippen LogP contribution in [-0.2, 0) is 13.1 Å².